The Morgan fingerprint density at radius 1 is 1.21 bits per heavy atom. The van der Waals surface area contributed by atoms with Crippen molar-refractivity contribution < 1.29 is 0 Å². The van der Waals surface area contributed by atoms with E-state index >= 15 is 0 Å². The molecule has 4 rings (SSSR count). The van der Waals surface area contributed by atoms with E-state index in [-0.39, 0.29) is 0 Å². The third-order valence-corrected chi connectivity index (χ3v) is 4.64. The molecule has 19 heavy (non-hydrogen) atoms. The Balaban J connectivity index is 1.83. The van der Waals surface area contributed by atoms with Gasteiger partial charge in [-0.1, -0.05) is 6.07 Å². The third-order valence-electron chi connectivity index (χ3n) is 3.44. The lowest BCUT2D eigenvalue weighted by Gasteiger charge is -2.15. The lowest BCUT2D eigenvalue weighted by molar-refractivity contribution is 0.890. The zero-order valence-corrected chi connectivity index (χ0v) is 11.2. The Bertz CT molecular complexity index is 715. The predicted molar refractivity (Wildman–Crippen MR) is 78.4 cm³/mol. The lowest BCUT2D eigenvalue weighted by atomic mass is 10.1. The van der Waals surface area contributed by atoms with Gasteiger partial charge in [-0.15, -0.1) is 11.8 Å². The van der Waals surface area contributed by atoms with Crippen molar-refractivity contribution in [1.82, 2.24) is 15.0 Å². The molecule has 4 heteroatoms. The smallest absolute Gasteiger partial charge is 0.178 e. The largest absolute Gasteiger partial charge is 0.337 e. The molecule has 3 heterocycles. The van der Waals surface area contributed by atoms with Crippen LogP contribution in [0.5, 0.6) is 0 Å². The lowest BCUT2D eigenvalue weighted by Crippen LogP contribution is -1.98. The molecule has 0 radical (unpaired) electrons. The third kappa shape index (κ3) is 1.92. The van der Waals surface area contributed by atoms with Crippen molar-refractivity contribution in [3.63, 3.8) is 0 Å². The van der Waals surface area contributed by atoms with Crippen LogP contribution in [0.2, 0.25) is 0 Å². The van der Waals surface area contributed by atoms with Crippen LogP contribution in [0.3, 0.4) is 0 Å². The second kappa shape index (κ2) is 4.38. The van der Waals surface area contributed by atoms with E-state index in [0.717, 1.165) is 22.6 Å². The van der Waals surface area contributed by atoms with Crippen LogP contribution in [0, 0.1) is 0 Å². The van der Waals surface area contributed by atoms with E-state index in [1.165, 1.54) is 29.1 Å². The molecule has 1 aliphatic rings. The van der Waals surface area contributed by atoms with E-state index in [1.54, 1.807) is 6.20 Å². The molecular formula is C15H13N3S. The first-order valence-electron chi connectivity index (χ1n) is 6.47. The maximum absolute atomic E-state index is 4.56. The summed E-state index contributed by atoms with van der Waals surface area (Å²) in [6.07, 6.45) is 4.22. The minimum Gasteiger partial charge on any atom is -0.337 e. The van der Waals surface area contributed by atoms with Gasteiger partial charge in [0.2, 0.25) is 0 Å². The van der Waals surface area contributed by atoms with E-state index in [0.29, 0.717) is 0 Å². The van der Waals surface area contributed by atoms with Crippen LogP contribution in [0.15, 0.2) is 41.4 Å². The van der Waals surface area contributed by atoms with Crippen molar-refractivity contribution in [3.05, 3.63) is 42.1 Å². The van der Waals surface area contributed by atoms with Gasteiger partial charge in [-0.3, -0.25) is 0 Å². The van der Waals surface area contributed by atoms with Gasteiger partial charge >= 0.3 is 0 Å². The van der Waals surface area contributed by atoms with Crippen molar-refractivity contribution in [2.45, 2.75) is 17.7 Å². The monoisotopic (exact) mass is 267 g/mol. The molecule has 0 atom stereocenters. The summed E-state index contributed by atoms with van der Waals surface area (Å²) < 4.78 is 0. The average molecular weight is 267 g/mol. The molecule has 2 aromatic heterocycles. The van der Waals surface area contributed by atoms with Crippen molar-refractivity contribution in [2.75, 3.05) is 5.75 Å². The van der Waals surface area contributed by atoms with E-state index in [4.69, 9.17) is 0 Å². The average Bonchev–Trinajstić information content (AvgIpc) is 2.90. The maximum atomic E-state index is 4.56. The number of H-pyrrole nitrogens is 1. The number of benzene rings is 1. The highest BCUT2D eigenvalue weighted by atomic mass is 32.2. The molecule has 0 aliphatic carbocycles. The molecule has 0 saturated carbocycles. The summed E-state index contributed by atoms with van der Waals surface area (Å²) in [5.74, 6) is 2.15. The highest BCUT2D eigenvalue weighted by Crippen LogP contribution is 2.32. The molecule has 0 amide bonds. The molecule has 0 bridgehead atoms. The molecule has 94 valence electrons. The number of aromatic amines is 1. The first-order valence-corrected chi connectivity index (χ1v) is 7.45. The molecule has 3 nitrogen and oxygen atoms in total. The molecule has 1 aromatic carbocycles. The van der Waals surface area contributed by atoms with Crippen molar-refractivity contribution in [1.29, 1.82) is 0 Å². The van der Waals surface area contributed by atoms with Crippen molar-refractivity contribution >= 4 is 22.9 Å². The maximum Gasteiger partial charge on any atom is 0.178 e. The number of imidazole rings is 1. The van der Waals surface area contributed by atoms with Gasteiger partial charge in [0.25, 0.3) is 0 Å². The standard InChI is InChI=1S/C15H13N3S/c1-4-12-15(16-7-1)18-14(17-12)11-5-6-13-10(9-11)3-2-8-19-13/h1,4-7,9H,2-3,8H2,(H,16,17,18). The number of rotatable bonds is 1. The minimum absolute atomic E-state index is 0.782. The second-order valence-electron chi connectivity index (χ2n) is 4.73. The molecule has 3 aromatic rings. The van der Waals surface area contributed by atoms with Crippen LogP contribution in [-0.2, 0) is 6.42 Å². The van der Waals surface area contributed by atoms with Gasteiger partial charge in [0.1, 0.15) is 5.82 Å². The summed E-state index contributed by atoms with van der Waals surface area (Å²) in [5, 5.41) is 0. The van der Waals surface area contributed by atoms with E-state index < -0.39 is 0 Å². The van der Waals surface area contributed by atoms with Gasteiger partial charge in [-0.2, -0.15) is 0 Å². The molecule has 0 spiro atoms. The topological polar surface area (TPSA) is 41.6 Å². The fraction of sp³-hybridized carbons (Fsp3) is 0.200. The van der Waals surface area contributed by atoms with Crippen molar-refractivity contribution in [2.24, 2.45) is 0 Å². The number of aromatic nitrogens is 3. The Morgan fingerprint density at radius 2 is 2.21 bits per heavy atom. The van der Waals surface area contributed by atoms with E-state index in [2.05, 4.69) is 33.2 Å². The molecular weight excluding hydrogens is 254 g/mol. The Hall–Kier alpha value is -1.81. The van der Waals surface area contributed by atoms with Gasteiger partial charge in [-0.05, 0) is 48.4 Å². The van der Waals surface area contributed by atoms with Gasteiger partial charge in [-0.25, -0.2) is 9.97 Å². The number of fused-ring (bicyclic) bond motifs is 2. The number of aryl methyl sites for hydroxylation is 1. The first-order chi connectivity index (χ1) is 9.40. The summed E-state index contributed by atoms with van der Waals surface area (Å²) in [7, 11) is 0. The van der Waals surface area contributed by atoms with Crippen LogP contribution < -0.4 is 0 Å². The van der Waals surface area contributed by atoms with Gasteiger partial charge in [0.05, 0.1) is 5.52 Å². The second-order valence-corrected chi connectivity index (χ2v) is 5.87. The fourth-order valence-electron chi connectivity index (χ4n) is 2.49. The SMILES string of the molecule is c1cnc2nc(-c3ccc4c(c3)CCCS4)[nH]c2c1. The number of thioether (sulfide) groups is 1. The van der Waals surface area contributed by atoms with Crippen LogP contribution in [0.4, 0.5) is 0 Å². The highest BCUT2D eigenvalue weighted by Gasteiger charge is 2.12. The van der Waals surface area contributed by atoms with E-state index in [1.807, 2.05) is 23.9 Å². The molecule has 1 aliphatic heterocycles. The molecule has 1 N–H and O–H groups in total. The highest BCUT2D eigenvalue weighted by molar-refractivity contribution is 7.99. The summed E-state index contributed by atoms with van der Waals surface area (Å²) in [5.41, 5.74) is 4.37. The zero-order chi connectivity index (χ0) is 12.7. The van der Waals surface area contributed by atoms with Gasteiger partial charge in [0, 0.05) is 16.7 Å². The Morgan fingerprint density at radius 3 is 3.16 bits per heavy atom. The van der Waals surface area contributed by atoms with Crippen LogP contribution in [-0.4, -0.2) is 20.7 Å². The van der Waals surface area contributed by atoms with Crippen LogP contribution >= 0.6 is 11.8 Å². The van der Waals surface area contributed by atoms with Crippen LogP contribution in [0.1, 0.15) is 12.0 Å². The zero-order valence-electron chi connectivity index (χ0n) is 10.4. The molecule has 0 fully saturated rings. The summed E-state index contributed by atoms with van der Waals surface area (Å²) in [6, 6.07) is 10.6. The number of nitrogens with one attached hydrogen (secondary N) is 1. The Labute approximate surface area is 115 Å². The quantitative estimate of drug-likeness (QED) is 0.731. The van der Waals surface area contributed by atoms with Crippen molar-refractivity contribution in [3.8, 4) is 11.4 Å². The van der Waals surface area contributed by atoms with Gasteiger partial charge in [0.15, 0.2) is 5.65 Å². The first kappa shape index (κ1) is 11.1. The van der Waals surface area contributed by atoms with E-state index in [9.17, 15) is 0 Å². The Kier molecular flexibility index (Phi) is 2.55. The molecule has 0 unspecified atom stereocenters. The normalized spacial score (nSPS) is 14.5. The number of pyridine rings is 1. The summed E-state index contributed by atoms with van der Waals surface area (Å²) >= 11 is 1.95. The predicted octanol–water partition coefficient (Wildman–Crippen LogP) is 3.66. The van der Waals surface area contributed by atoms with Crippen LogP contribution in [0.25, 0.3) is 22.6 Å². The van der Waals surface area contributed by atoms with Gasteiger partial charge < -0.3 is 4.98 Å². The summed E-state index contributed by atoms with van der Waals surface area (Å²) in [4.78, 5) is 13.6. The molecule has 0 saturated heterocycles. The minimum atomic E-state index is 0.782. The fourth-order valence-corrected chi connectivity index (χ4v) is 3.51. The number of nitrogens with zero attached hydrogens (tertiary/aromatic N) is 2. The number of hydrogen-bond acceptors (Lipinski definition) is 3. The summed E-state index contributed by atoms with van der Waals surface area (Å²) in [6.45, 7) is 0. The number of hydrogen-bond donors (Lipinski definition) is 1.